The Labute approximate surface area is 115 Å². The Morgan fingerprint density at radius 3 is 2.53 bits per heavy atom. The lowest BCUT2D eigenvalue weighted by atomic mass is 9.74. The van der Waals surface area contributed by atoms with Gasteiger partial charge in [-0.05, 0) is 58.8 Å². The molecule has 0 amide bonds. The predicted molar refractivity (Wildman–Crippen MR) is 74.7 cm³/mol. The number of hydrogen-bond donors (Lipinski definition) is 4. The summed E-state index contributed by atoms with van der Waals surface area (Å²) in [5.74, 6) is 0.184. The minimum atomic E-state index is -1.10. The normalized spacial score (nSPS) is 34.1. The van der Waals surface area contributed by atoms with Crippen LogP contribution < -0.4 is 0 Å². The molecule has 1 saturated carbocycles. The maximum atomic E-state index is 9.91. The standard InChI is InChI=1S/C15H28O4/c1-10(5-6-12(16)14(2,3)18)11-7-8-15(4,19)13(17)9-11/h11-13,16-19H,1,5-9H2,2-4H3/t11-,12+,13+,15+/m0/s1. The van der Waals surface area contributed by atoms with Crippen LogP contribution >= 0.6 is 0 Å². The van der Waals surface area contributed by atoms with Gasteiger partial charge in [0.2, 0.25) is 0 Å². The molecule has 0 bridgehead atoms. The maximum absolute atomic E-state index is 9.91. The Bertz CT molecular complexity index is 317. The molecule has 0 unspecified atom stereocenters. The molecule has 1 fully saturated rings. The number of hydrogen-bond acceptors (Lipinski definition) is 4. The summed E-state index contributed by atoms with van der Waals surface area (Å²) in [5, 5.41) is 39.3. The van der Waals surface area contributed by atoms with Gasteiger partial charge in [-0.1, -0.05) is 12.2 Å². The van der Waals surface area contributed by atoms with E-state index in [0.29, 0.717) is 25.7 Å². The molecule has 0 heterocycles. The van der Waals surface area contributed by atoms with E-state index in [1.807, 2.05) is 0 Å². The van der Waals surface area contributed by atoms with Crippen LogP contribution in [0.4, 0.5) is 0 Å². The molecule has 0 aromatic heterocycles. The third-order valence-electron chi connectivity index (χ3n) is 4.36. The summed E-state index contributed by atoms with van der Waals surface area (Å²) in [6.07, 6.45) is 1.48. The molecule has 0 saturated heterocycles. The fourth-order valence-corrected chi connectivity index (χ4v) is 2.52. The van der Waals surface area contributed by atoms with Crippen molar-refractivity contribution in [2.75, 3.05) is 0 Å². The van der Waals surface area contributed by atoms with Crippen LogP contribution in [0, 0.1) is 5.92 Å². The molecule has 19 heavy (non-hydrogen) atoms. The summed E-state index contributed by atoms with van der Waals surface area (Å²) in [6.45, 7) is 8.86. The first kappa shape index (κ1) is 16.6. The maximum Gasteiger partial charge on any atom is 0.0877 e. The fraction of sp³-hybridized carbons (Fsp3) is 0.867. The molecule has 0 aromatic carbocycles. The Hall–Kier alpha value is -0.420. The minimum Gasteiger partial charge on any atom is -0.390 e. The van der Waals surface area contributed by atoms with Gasteiger partial charge in [0.25, 0.3) is 0 Å². The average molecular weight is 272 g/mol. The summed E-state index contributed by atoms with van der Waals surface area (Å²) < 4.78 is 0. The predicted octanol–water partition coefficient (Wildman–Crippen LogP) is 1.37. The van der Waals surface area contributed by atoms with E-state index in [0.717, 1.165) is 12.0 Å². The summed E-state index contributed by atoms with van der Waals surface area (Å²) in [5.41, 5.74) is -1.11. The Morgan fingerprint density at radius 1 is 1.47 bits per heavy atom. The molecule has 0 radical (unpaired) electrons. The molecular weight excluding hydrogens is 244 g/mol. The van der Waals surface area contributed by atoms with Crippen molar-refractivity contribution in [3.63, 3.8) is 0 Å². The lowest BCUT2D eigenvalue weighted by molar-refractivity contribution is -0.0958. The molecule has 0 aromatic rings. The van der Waals surface area contributed by atoms with Gasteiger partial charge in [0, 0.05) is 0 Å². The van der Waals surface area contributed by atoms with Crippen LogP contribution in [0.5, 0.6) is 0 Å². The molecule has 112 valence electrons. The van der Waals surface area contributed by atoms with E-state index in [1.165, 1.54) is 0 Å². The highest BCUT2D eigenvalue weighted by molar-refractivity contribution is 5.06. The van der Waals surface area contributed by atoms with Crippen molar-refractivity contribution in [1.82, 2.24) is 0 Å². The van der Waals surface area contributed by atoms with E-state index in [4.69, 9.17) is 0 Å². The van der Waals surface area contributed by atoms with Crippen molar-refractivity contribution in [2.45, 2.75) is 76.3 Å². The van der Waals surface area contributed by atoms with Gasteiger partial charge in [-0.25, -0.2) is 0 Å². The molecule has 0 aliphatic heterocycles. The van der Waals surface area contributed by atoms with E-state index in [9.17, 15) is 20.4 Å². The highest BCUT2D eigenvalue weighted by Gasteiger charge is 2.38. The van der Waals surface area contributed by atoms with Crippen molar-refractivity contribution in [1.29, 1.82) is 0 Å². The topological polar surface area (TPSA) is 80.9 Å². The van der Waals surface area contributed by atoms with E-state index >= 15 is 0 Å². The van der Waals surface area contributed by atoms with Gasteiger partial charge in [0.1, 0.15) is 0 Å². The number of rotatable bonds is 5. The van der Waals surface area contributed by atoms with Crippen molar-refractivity contribution in [2.24, 2.45) is 5.92 Å². The molecule has 0 spiro atoms. The molecule has 4 N–H and O–H groups in total. The summed E-state index contributed by atoms with van der Waals surface area (Å²) in [7, 11) is 0. The second-order valence-corrected chi connectivity index (χ2v) is 6.71. The first-order chi connectivity index (χ1) is 8.54. The van der Waals surface area contributed by atoms with Crippen molar-refractivity contribution in [3.05, 3.63) is 12.2 Å². The molecule has 4 heteroatoms. The second kappa shape index (κ2) is 5.92. The third kappa shape index (κ3) is 4.56. The van der Waals surface area contributed by atoms with Gasteiger partial charge in [-0.3, -0.25) is 0 Å². The summed E-state index contributed by atoms with van der Waals surface area (Å²) >= 11 is 0. The Kier molecular flexibility index (Phi) is 5.18. The number of allylic oxidation sites excluding steroid dienone is 1. The van der Waals surface area contributed by atoms with Crippen molar-refractivity contribution in [3.8, 4) is 0 Å². The smallest absolute Gasteiger partial charge is 0.0877 e. The van der Waals surface area contributed by atoms with Gasteiger partial charge in [0.15, 0.2) is 0 Å². The molecule has 4 atom stereocenters. The quantitative estimate of drug-likeness (QED) is 0.570. The van der Waals surface area contributed by atoms with Crippen LogP contribution in [0.15, 0.2) is 12.2 Å². The van der Waals surface area contributed by atoms with Crippen LogP contribution in [0.25, 0.3) is 0 Å². The van der Waals surface area contributed by atoms with E-state index in [2.05, 4.69) is 6.58 Å². The lowest BCUT2D eigenvalue weighted by Crippen LogP contribution is -2.44. The van der Waals surface area contributed by atoms with Gasteiger partial charge in [0.05, 0.1) is 23.4 Å². The first-order valence-electron chi connectivity index (χ1n) is 7.02. The van der Waals surface area contributed by atoms with E-state index in [1.54, 1.807) is 20.8 Å². The molecule has 4 nitrogen and oxygen atoms in total. The number of aliphatic hydroxyl groups excluding tert-OH is 2. The second-order valence-electron chi connectivity index (χ2n) is 6.71. The van der Waals surface area contributed by atoms with Crippen LogP contribution in [0.2, 0.25) is 0 Å². The highest BCUT2D eigenvalue weighted by Crippen LogP contribution is 2.37. The molecule has 1 rings (SSSR count). The minimum absolute atomic E-state index is 0.184. The van der Waals surface area contributed by atoms with Gasteiger partial charge in [-0.2, -0.15) is 0 Å². The monoisotopic (exact) mass is 272 g/mol. The number of aliphatic hydroxyl groups is 4. The first-order valence-corrected chi connectivity index (χ1v) is 7.02. The van der Waals surface area contributed by atoms with Crippen LogP contribution in [0.1, 0.15) is 52.9 Å². The zero-order chi connectivity index (χ0) is 14.8. The van der Waals surface area contributed by atoms with E-state index < -0.39 is 23.4 Å². The van der Waals surface area contributed by atoms with Crippen LogP contribution in [-0.4, -0.2) is 43.8 Å². The van der Waals surface area contributed by atoms with Gasteiger partial charge < -0.3 is 20.4 Å². The summed E-state index contributed by atoms with van der Waals surface area (Å²) in [4.78, 5) is 0. The molecule has 1 aliphatic rings. The van der Waals surface area contributed by atoms with Gasteiger partial charge in [-0.15, -0.1) is 0 Å². The van der Waals surface area contributed by atoms with Crippen molar-refractivity contribution < 1.29 is 20.4 Å². The average Bonchev–Trinajstić information content (AvgIpc) is 2.27. The van der Waals surface area contributed by atoms with Crippen molar-refractivity contribution >= 4 is 0 Å². The highest BCUT2D eigenvalue weighted by atomic mass is 16.3. The van der Waals surface area contributed by atoms with E-state index in [-0.39, 0.29) is 5.92 Å². The largest absolute Gasteiger partial charge is 0.390 e. The zero-order valence-corrected chi connectivity index (χ0v) is 12.3. The molecular formula is C15H28O4. The van der Waals surface area contributed by atoms with Gasteiger partial charge >= 0.3 is 0 Å². The van der Waals surface area contributed by atoms with Crippen LogP contribution in [-0.2, 0) is 0 Å². The molecule has 1 aliphatic carbocycles. The fourth-order valence-electron chi connectivity index (χ4n) is 2.52. The Balaban J connectivity index is 2.44. The summed E-state index contributed by atoms with van der Waals surface area (Å²) in [6, 6.07) is 0. The third-order valence-corrected chi connectivity index (χ3v) is 4.36. The van der Waals surface area contributed by atoms with Crippen LogP contribution in [0.3, 0.4) is 0 Å². The Morgan fingerprint density at radius 2 is 2.05 bits per heavy atom. The SMILES string of the molecule is C=C(CC[C@@H](O)C(C)(C)O)[C@H]1CC[C@@](C)(O)[C@H](O)C1. The zero-order valence-electron chi connectivity index (χ0n) is 12.3. The lowest BCUT2D eigenvalue weighted by Gasteiger charge is -2.38.